The zero-order valence-electron chi connectivity index (χ0n) is 10.3. The van der Waals surface area contributed by atoms with Crippen molar-refractivity contribution in [2.24, 2.45) is 0 Å². The van der Waals surface area contributed by atoms with E-state index in [0.717, 1.165) is 5.69 Å². The number of carbonyl (C=O) groups excluding carboxylic acids is 2. The monoisotopic (exact) mass is 272 g/mol. The lowest BCUT2D eigenvalue weighted by Gasteiger charge is -2.12. The van der Waals surface area contributed by atoms with Crippen LogP contribution in [0, 0.1) is 0 Å². The second kappa shape index (κ2) is 8.36. The Morgan fingerprint density at radius 2 is 1.89 bits per heavy atom. The highest BCUT2D eigenvalue weighted by Crippen LogP contribution is 2.03. The fourth-order valence-electron chi connectivity index (χ4n) is 1.27. The Kier molecular flexibility index (Phi) is 7.54. The molecule has 1 amide bonds. The fraction of sp³-hybridized carbons (Fsp3) is 0.333. The van der Waals surface area contributed by atoms with Crippen LogP contribution in [0.2, 0.25) is 0 Å². The van der Waals surface area contributed by atoms with E-state index in [1.165, 1.54) is 7.11 Å². The Morgan fingerprint density at radius 1 is 1.28 bits per heavy atom. The zero-order chi connectivity index (χ0) is 12.7. The number of esters is 1. The van der Waals surface area contributed by atoms with E-state index in [9.17, 15) is 9.59 Å². The average molecular weight is 273 g/mol. The molecular weight excluding hydrogens is 256 g/mol. The molecule has 6 heteroatoms. The largest absolute Gasteiger partial charge is 0.467 e. The van der Waals surface area contributed by atoms with Crippen molar-refractivity contribution in [2.45, 2.75) is 13.0 Å². The third-order valence-corrected chi connectivity index (χ3v) is 2.16. The van der Waals surface area contributed by atoms with E-state index >= 15 is 0 Å². The average Bonchev–Trinajstić information content (AvgIpc) is 2.36. The van der Waals surface area contributed by atoms with Gasteiger partial charge in [0.2, 0.25) is 5.91 Å². The summed E-state index contributed by atoms with van der Waals surface area (Å²) in [5.74, 6) is -0.718. The van der Waals surface area contributed by atoms with Crippen LogP contribution < -0.4 is 10.6 Å². The summed E-state index contributed by atoms with van der Waals surface area (Å²) < 4.78 is 4.50. The predicted octanol–water partition coefficient (Wildman–Crippen LogP) is 1.20. The van der Waals surface area contributed by atoms with E-state index in [1.807, 2.05) is 30.3 Å². The van der Waals surface area contributed by atoms with Crippen LogP contribution in [0.4, 0.5) is 5.69 Å². The van der Waals surface area contributed by atoms with E-state index in [0.29, 0.717) is 0 Å². The summed E-state index contributed by atoms with van der Waals surface area (Å²) in [7, 11) is 1.28. The Hall–Kier alpha value is -1.75. The van der Waals surface area contributed by atoms with Crippen molar-refractivity contribution >= 4 is 30.0 Å². The molecule has 0 fully saturated rings. The molecule has 0 radical (unpaired) electrons. The van der Waals surface area contributed by atoms with Crippen molar-refractivity contribution in [3.8, 4) is 0 Å². The van der Waals surface area contributed by atoms with E-state index in [1.54, 1.807) is 6.92 Å². The highest BCUT2D eigenvalue weighted by molar-refractivity contribution is 5.86. The van der Waals surface area contributed by atoms with Crippen molar-refractivity contribution < 1.29 is 14.3 Å². The van der Waals surface area contributed by atoms with Crippen molar-refractivity contribution in [3.05, 3.63) is 30.3 Å². The van der Waals surface area contributed by atoms with Crippen LogP contribution in [0.5, 0.6) is 0 Å². The lowest BCUT2D eigenvalue weighted by molar-refractivity contribution is -0.144. The molecule has 0 spiro atoms. The lowest BCUT2D eigenvalue weighted by atomic mass is 10.3. The van der Waals surface area contributed by atoms with Gasteiger partial charge in [0.25, 0.3) is 0 Å². The molecule has 18 heavy (non-hydrogen) atoms. The van der Waals surface area contributed by atoms with E-state index in [4.69, 9.17) is 0 Å². The first kappa shape index (κ1) is 16.2. The SMILES string of the molecule is COC(=O)C(C)NC(=O)CNc1ccccc1.Cl. The van der Waals surface area contributed by atoms with Crippen molar-refractivity contribution in [2.75, 3.05) is 19.0 Å². The van der Waals surface area contributed by atoms with E-state index < -0.39 is 12.0 Å². The van der Waals surface area contributed by atoms with Gasteiger partial charge in [0.05, 0.1) is 13.7 Å². The van der Waals surface area contributed by atoms with Crippen LogP contribution in [-0.4, -0.2) is 31.6 Å². The first-order chi connectivity index (χ1) is 8.13. The first-order valence-electron chi connectivity index (χ1n) is 5.29. The summed E-state index contributed by atoms with van der Waals surface area (Å²) in [5, 5.41) is 5.47. The number of amides is 1. The van der Waals surface area contributed by atoms with Gasteiger partial charge in [-0.2, -0.15) is 0 Å². The number of para-hydroxylation sites is 1. The van der Waals surface area contributed by atoms with Gasteiger partial charge in [-0.05, 0) is 19.1 Å². The lowest BCUT2D eigenvalue weighted by Crippen LogP contribution is -2.41. The summed E-state index contributed by atoms with van der Waals surface area (Å²) in [6, 6.07) is 8.72. The number of ether oxygens (including phenoxy) is 1. The van der Waals surface area contributed by atoms with Gasteiger partial charge in [-0.1, -0.05) is 18.2 Å². The molecule has 0 saturated heterocycles. The molecule has 0 aliphatic carbocycles. The van der Waals surface area contributed by atoms with Gasteiger partial charge in [-0.15, -0.1) is 12.4 Å². The van der Waals surface area contributed by atoms with Gasteiger partial charge in [0.15, 0.2) is 0 Å². The minimum atomic E-state index is -0.634. The van der Waals surface area contributed by atoms with Gasteiger partial charge >= 0.3 is 5.97 Å². The molecule has 0 bridgehead atoms. The van der Waals surface area contributed by atoms with Gasteiger partial charge < -0.3 is 15.4 Å². The number of anilines is 1. The fourth-order valence-corrected chi connectivity index (χ4v) is 1.27. The van der Waals surface area contributed by atoms with Crippen LogP contribution >= 0.6 is 12.4 Å². The molecule has 0 aliphatic rings. The summed E-state index contributed by atoms with van der Waals surface area (Å²) in [6.07, 6.45) is 0. The molecule has 2 N–H and O–H groups in total. The zero-order valence-corrected chi connectivity index (χ0v) is 11.1. The Bertz CT molecular complexity index is 384. The second-order valence-corrected chi connectivity index (χ2v) is 3.53. The van der Waals surface area contributed by atoms with Crippen LogP contribution in [-0.2, 0) is 14.3 Å². The number of carbonyl (C=O) groups is 2. The van der Waals surface area contributed by atoms with Crippen LogP contribution in [0.15, 0.2) is 30.3 Å². The van der Waals surface area contributed by atoms with Gasteiger partial charge in [-0.3, -0.25) is 4.79 Å². The summed E-state index contributed by atoms with van der Waals surface area (Å²) in [5.41, 5.74) is 0.855. The maximum atomic E-state index is 11.5. The Balaban J connectivity index is 0.00000289. The topological polar surface area (TPSA) is 67.4 Å². The molecule has 1 aromatic rings. The van der Waals surface area contributed by atoms with Gasteiger partial charge in [0.1, 0.15) is 6.04 Å². The molecule has 0 heterocycles. The molecule has 0 saturated carbocycles. The molecule has 1 rings (SSSR count). The third-order valence-electron chi connectivity index (χ3n) is 2.16. The Morgan fingerprint density at radius 3 is 2.44 bits per heavy atom. The molecule has 100 valence electrons. The maximum absolute atomic E-state index is 11.5. The van der Waals surface area contributed by atoms with Crippen molar-refractivity contribution in [3.63, 3.8) is 0 Å². The number of hydrogen-bond donors (Lipinski definition) is 2. The maximum Gasteiger partial charge on any atom is 0.328 e. The highest BCUT2D eigenvalue weighted by atomic mass is 35.5. The summed E-state index contributed by atoms with van der Waals surface area (Å²) in [6.45, 7) is 1.69. The predicted molar refractivity (Wildman–Crippen MR) is 71.8 cm³/mol. The number of benzene rings is 1. The van der Waals surface area contributed by atoms with Crippen molar-refractivity contribution in [1.82, 2.24) is 5.32 Å². The molecule has 1 atom stereocenters. The normalized spacial score (nSPS) is 10.8. The molecular formula is C12H17ClN2O3. The smallest absolute Gasteiger partial charge is 0.328 e. The van der Waals surface area contributed by atoms with Gasteiger partial charge in [-0.25, -0.2) is 4.79 Å². The number of nitrogens with one attached hydrogen (secondary N) is 2. The third kappa shape index (κ3) is 5.54. The van der Waals surface area contributed by atoms with E-state index in [-0.39, 0.29) is 24.9 Å². The molecule has 1 aromatic carbocycles. The molecule has 1 unspecified atom stereocenters. The molecule has 0 aliphatic heterocycles. The standard InChI is InChI=1S/C12H16N2O3.ClH/c1-9(12(16)17-2)14-11(15)8-13-10-6-4-3-5-7-10;/h3-7,9,13H,8H2,1-2H3,(H,14,15);1H. The number of methoxy groups -OCH3 is 1. The van der Waals surface area contributed by atoms with Crippen LogP contribution in [0.1, 0.15) is 6.92 Å². The Labute approximate surface area is 112 Å². The highest BCUT2D eigenvalue weighted by Gasteiger charge is 2.15. The van der Waals surface area contributed by atoms with Crippen LogP contribution in [0.25, 0.3) is 0 Å². The number of rotatable bonds is 5. The number of hydrogen-bond acceptors (Lipinski definition) is 4. The minimum absolute atomic E-state index is 0. The summed E-state index contributed by atoms with van der Waals surface area (Å²) in [4.78, 5) is 22.5. The summed E-state index contributed by atoms with van der Waals surface area (Å²) >= 11 is 0. The quantitative estimate of drug-likeness (QED) is 0.791. The minimum Gasteiger partial charge on any atom is -0.467 e. The molecule has 5 nitrogen and oxygen atoms in total. The number of halogens is 1. The van der Waals surface area contributed by atoms with E-state index in [2.05, 4.69) is 15.4 Å². The first-order valence-corrected chi connectivity index (χ1v) is 5.29. The second-order valence-electron chi connectivity index (χ2n) is 3.53. The molecule has 0 aromatic heterocycles. The van der Waals surface area contributed by atoms with Crippen molar-refractivity contribution in [1.29, 1.82) is 0 Å². The van der Waals surface area contributed by atoms with Crippen LogP contribution in [0.3, 0.4) is 0 Å². The van der Waals surface area contributed by atoms with Gasteiger partial charge in [0, 0.05) is 5.69 Å².